The molecule has 1 aromatic heterocycles. The number of hydrogen-bond acceptors (Lipinski definition) is 3. The fourth-order valence-corrected chi connectivity index (χ4v) is 2.78. The molecule has 0 spiro atoms. The van der Waals surface area contributed by atoms with Crippen LogP contribution in [0.15, 0.2) is 12.1 Å². The number of rotatable bonds is 4. The molecule has 4 heteroatoms. The van der Waals surface area contributed by atoms with Gasteiger partial charge in [-0.05, 0) is 43.9 Å². The minimum absolute atomic E-state index is 0.511. The van der Waals surface area contributed by atoms with Gasteiger partial charge in [0, 0.05) is 25.6 Å². The maximum absolute atomic E-state index is 5.48. The Morgan fingerprint density at radius 2 is 2.30 bits per heavy atom. The van der Waals surface area contributed by atoms with Crippen LogP contribution in [0.5, 0.6) is 0 Å². The number of nitrogens with one attached hydrogen (secondary N) is 2. The molecule has 1 fully saturated rings. The summed E-state index contributed by atoms with van der Waals surface area (Å²) in [5.74, 6) is 1.07. The van der Waals surface area contributed by atoms with Crippen molar-refractivity contribution >= 4 is 11.0 Å². The molecular weight excluding hydrogens is 250 g/mol. The van der Waals surface area contributed by atoms with Crippen molar-refractivity contribution in [3.05, 3.63) is 29.1 Å². The van der Waals surface area contributed by atoms with Crippen LogP contribution >= 0.6 is 0 Å². The van der Waals surface area contributed by atoms with Crippen LogP contribution in [0, 0.1) is 13.8 Å². The van der Waals surface area contributed by atoms with E-state index in [1.54, 1.807) is 0 Å². The first-order chi connectivity index (χ1) is 9.74. The number of aromatic nitrogens is 2. The van der Waals surface area contributed by atoms with Crippen molar-refractivity contribution in [2.45, 2.75) is 39.2 Å². The highest BCUT2D eigenvalue weighted by atomic mass is 16.5. The van der Waals surface area contributed by atoms with Crippen molar-refractivity contribution in [1.82, 2.24) is 15.3 Å². The maximum atomic E-state index is 5.48. The van der Waals surface area contributed by atoms with Crippen molar-refractivity contribution in [2.24, 2.45) is 0 Å². The standard InChI is InChI=1S/C16H23N3O/c1-11-5-6-14-16(12(11)2)19-15(18-14)7-8-17-13-4-3-9-20-10-13/h5-6,13,17H,3-4,7-10H2,1-2H3,(H,18,19)/t13-/m1/s1. The Morgan fingerprint density at radius 3 is 3.10 bits per heavy atom. The van der Waals surface area contributed by atoms with Gasteiger partial charge in [-0.3, -0.25) is 0 Å². The summed E-state index contributed by atoms with van der Waals surface area (Å²) in [6.07, 6.45) is 3.32. The van der Waals surface area contributed by atoms with Crippen LogP contribution in [-0.2, 0) is 11.2 Å². The zero-order valence-electron chi connectivity index (χ0n) is 12.3. The Hall–Kier alpha value is -1.39. The molecular formula is C16H23N3O. The van der Waals surface area contributed by atoms with E-state index in [1.165, 1.54) is 24.0 Å². The third-order valence-corrected chi connectivity index (χ3v) is 4.18. The van der Waals surface area contributed by atoms with Gasteiger partial charge in [-0.1, -0.05) is 6.07 Å². The fourth-order valence-electron chi connectivity index (χ4n) is 2.78. The highest BCUT2D eigenvalue weighted by Crippen LogP contribution is 2.19. The van der Waals surface area contributed by atoms with Crippen LogP contribution in [0.25, 0.3) is 11.0 Å². The number of ether oxygens (including phenoxy) is 1. The van der Waals surface area contributed by atoms with Gasteiger partial charge >= 0.3 is 0 Å². The minimum Gasteiger partial charge on any atom is -0.380 e. The van der Waals surface area contributed by atoms with Gasteiger partial charge in [0.25, 0.3) is 0 Å². The molecule has 2 heterocycles. The second-order valence-corrected chi connectivity index (χ2v) is 5.71. The number of benzene rings is 1. The fraction of sp³-hybridized carbons (Fsp3) is 0.562. The molecule has 0 unspecified atom stereocenters. The Kier molecular flexibility index (Phi) is 4.03. The molecule has 0 amide bonds. The molecule has 1 aromatic carbocycles. The lowest BCUT2D eigenvalue weighted by Crippen LogP contribution is -2.37. The molecule has 2 N–H and O–H groups in total. The minimum atomic E-state index is 0.511. The summed E-state index contributed by atoms with van der Waals surface area (Å²) in [7, 11) is 0. The van der Waals surface area contributed by atoms with Crippen LogP contribution in [0.1, 0.15) is 29.8 Å². The van der Waals surface area contributed by atoms with E-state index < -0.39 is 0 Å². The summed E-state index contributed by atoms with van der Waals surface area (Å²) in [6, 6.07) is 4.78. The predicted molar refractivity (Wildman–Crippen MR) is 81.1 cm³/mol. The summed E-state index contributed by atoms with van der Waals surface area (Å²) in [5, 5.41) is 3.56. The van der Waals surface area contributed by atoms with Crippen LogP contribution in [-0.4, -0.2) is 35.8 Å². The molecule has 0 saturated carbocycles. The lowest BCUT2D eigenvalue weighted by molar-refractivity contribution is 0.0707. The van der Waals surface area contributed by atoms with E-state index in [1.807, 2.05) is 0 Å². The molecule has 1 atom stereocenters. The highest BCUT2D eigenvalue weighted by molar-refractivity contribution is 5.79. The van der Waals surface area contributed by atoms with E-state index in [4.69, 9.17) is 9.72 Å². The molecule has 1 aliphatic rings. The van der Waals surface area contributed by atoms with E-state index >= 15 is 0 Å². The summed E-state index contributed by atoms with van der Waals surface area (Å²) >= 11 is 0. The molecule has 4 nitrogen and oxygen atoms in total. The van der Waals surface area contributed by atoms with E-state index in [0.717, 1.165) is 43.0 Å². The predicted octanol–water partition coefficient (Wildman–Crippen LogP) is 2.49. The van der Waals surface area contributed by atoms with Crippen molar-refractivity contribution in [2.75, 3.05) is 19.8 Å². The quantitative estimate of drug-likeness (QED) is 0.900. The zero-order valence-corrected chi connectivity index (χ0v) is 12.3. The largest absolute Gasteiger partial charge is 0.380 e. The monoisotopic (exact) mass is 273 g/mol. The second kappa shape index (κ2) is 5.94. The molecule has 108 valence electrons. The number of aryl methyl sites for hydroxylation is 2. The van der Waals surface area contributed by atoms with E-state index in [0.29, 0.717) is 6.04 Å². The van der Waals surface area contributed by atoms with Gasteiger partial charge in [0.05, 0.1) is 17.6 Å². The topological polar surface area (TPSA) is 49.9 Å². The number of fused-ring (bicyclic) bond motifs is 1. The average Bonchev–Trinajstić information content (AvgIpc) is 2.88. The first-order valence-electron chi connectivity index (χ1n) is 7.50. The lowest BCUT2D eigenvalue weighted by atomic mass is 10.1. The first-order valence-corrected chi connectivity index (χ1v) is 7.50. The van der Waals surface area contributed by atoms with Gasteiger partial charge in [0.2, 0.25) is 0 Å². The van der Waals surface area contributed by atoms with Crippen molar-refractivity contribution in [3.8, 4) is 0 Å². The molecule has 3 rings (SSSR count). The second-order valence-electron chi connectivity index (χ2n) is 5.71. The van der Waals surface area contributed by atoms with Gasteiger partial charge in [0.1, 0.15) is 5.82 Å². The molecule has 1 saturated heterocycles. The Bertz CT molecular complexity index is 585. The number of hydrogen-bond donors (Lipinski definition) is 2. The average molecular weight is 273 g/mol. The van der Waals surface area contributed by atoms with E-state index in [9.17, 15) is 0 Å². The van der Waals surface area contributed by atoms with Crippen LogP contribution in [0.3, 0.4) is 0 Å². The van der Waals surface area contributed by atoms with Crippen LogP contribution < -0.4 is 5.32 Å². The molecule has 0 bridgehead atoms. The number of imidazole rings is 1. The number of nitrogens with zero attached hydrogens (tertiary/aromatic N) is 1. The van der Waals surface area contributed by atoms with Gasteiger partial charge < -0.3 is 15.0 Å². The zero-order chi connectivity index (χ0) is 13.9. The summed E-state index contributed by atoms with van der Waals surface area (Å²) in [5.41, 5.74) is 4.83. The molecule has 20 heavy (non-hydrogen) atoms. The Morgan fingerprint density at radius 1 is 1.40 bits per heavy atom. The smallest absolute Gasteiger partial charge is 0.108 e. The van der Waals surface area contributed by atoms with Gasteiger partial charge in [-0.25, -0.2) is 4.98 Å². The van der Waals surface area contributed by atoms with Crippen molar-refractivity contribution in [3.63, 3.8) is 0 Å². The summed E-state index contributed by atoms with van der Waals surface area (Å²) < 4.78 is 5.48. The SMILES string of the molecule is Cc1ccc2[nH]c(CCN[C@@H]3CCCOC3)nc2c1C. The Balaban J connectivity index is 1.61. The van der Waals surface area contributed by atoms with Crippen LogP contribution in [0.4, 0.5) is 0 Å². The van der Waals surface area contributed by atoms with Crippen LogP contribution in [0.2, 0.25) is 0 Å². The van der Waals surface area contributed by atoms with Crippen molar-refractivity contribution in [1.29, 1.82) is 0 Å². The third kappa shape index (κ3) is 2.86. The van der Waals surface area contributed by atoms with Gasteiger partial charge in [0.15, 0.2) is 0 Å². The molecule has 2 aromatic rings. The van der Waals surface area contributed by atoms with E-state index in [-0.39, 0.29) is 0 Å². The van der Waals surface area contributed by atoms with Crippen molar-refractivity contribution < 1.29 is 4.74 Å². The van der Waals surface area contributed by atoms with Gasteiger partial charge in [-0.15, -0.1) is 0 Å². The molecule has 0 radical (unpaired) electrons. The summed E-state index contributed by atoms with van der Waals surface area (Å²) in [4.78, 5) is 8.15. The third-order valence-electron chi connectivity index (χ3n) is 4.18. The number of aromatic amines is 1. The first kappa shape index (κ1) is 13.6. The number of H-pyrrole nitrogens is 1. The lowest BCUT2D eigenvalue weighted by Gasteiger charge is -2.22. The summed E-state index contributed by atoms with van der Waals surface area (Å²) in [6.45, 7) is 6.98. The normalized spacial score (nSPS) is 19.6. The van der Waals surface area contributed by atoms with E-state index in [2.05, 4.69) is 36.3 Å². The molecule has 1 aliphatic heterocycles. The highest BCUT2D eigenvalue weighted by Gasteiger charge is 2.13. The van der Waals surface area contributed by atoms with Gasteiger partial charge in [-0.2, -0.15) is 0 Å². The molecule has 0 aliphatic carbocycles. The maximum Gasteiger partial charge on any atom is 0.108 e. The Labute approximate surface area is 119 Å².